The SMILES string of the molecule is CN(CCc1ccc(N=O)cc1)C(=O)CCC(C)(C)CCC(=O)OI. The van der Waals surface area contributed by atoms with Crippen LogP contribution in [-0.4, -0.2) is 30.4 Å². The quantitative estimate of drug-likeness (QED) is 0.379. The first kappa shape index (κ1) is 21.5. The summed E-state index contributed by atoms with van der Waals surface area (Å²) in [5.74, 6) is -0.136. The van der Waals surface area contributed by atoms with Crippen LogP contribution in [0.4, 0.5) is 5.69 Å². The summed E-state index contributed by atoms with van der Waals surface area (Å²) in [7, 11) is 1.80. The molecule has 1 aromatic carbocycles. The van der Waals surface area contributed by atoms with Gasteiger partial charge in [-0.05, 0) is 47.6 Å². The van der Waals surface area contributed by atoms with Crippen LogP contribution in [0.25, 0.3) is 0 Å². The Kier molecular flexibility index (Phi) is 9.02. The Morgan fingerprint density at radius 1 is 1.16 bits per heavy atom. The molecule has 0 aliphatic carbocycles. The molecule has 1 amide bonds. The summed E-state index contributed by atoms with van der Waals surface area (Å²) < 4.78 is 4.63. The largest absolute Gasteiger partial charge is 0.394 e. The summed E-state index contributed by atoms with van der Waals surface area (Å²) in [4.78, 5) is 35.6. The molecule has 0 bridgehead atoms. The Balaban J connectivity index is 2.37. The standard InChI is InChI=1S/C18H25IN2O4/c1-18(2,12-9-17(23)25-19)11-8-16(22)21(3)13-10-14-4-6-15(20-24)7-5-14/h4-7H,8-13H2,1-3H3. The third-order valence-electron chi connectivity index (χ3n) is 4.31. The van der Waals surface area contributed by atoms with Crippen molar-refractivity contribution >= 4 is 40.6 Å². The first-order valence-corrected chi connectivity index (χ1v) is 9.13. The molecule has 1 rings (SSSR count). The van der Waals surface area contributed by atoms with E-state index < -0.39 is 0 Å². The molecule has 0 saturated heterocycles. The van der Waals surface area contributed by atoms with Crippen molar-refractivity contribution in [2.45, 2.75) is 46.0 Å². The summed E-state index contributed by atoms with van der Waals surface area (Å²) in [6, 6.07) is 7.05. The van der Waals surface area contributed by atoms with Gasteiger partial charge in [0.05, 0.1) is 0 Å². The number of likely N-dealkylation sites (N-methyl/N-ethyl adjacent to an activating group) is 1. The van der Waals surface area contributed by atoms with E-state index in [-0.39, 0.29) is 17.3 Å². The predicted octanol–water partition coefficient (Wildman–Crippen LogP) is 4.57. The van der Waals surface area contributed by atoms with E-state index in [9.17, 15) is 14.5 Å². The fraction of sp³-hybridized carbons (Fsp3) is 0.556. The molecule has 0 spiro atoms. The van der Waals surface area contributed by atoms with Gasteiger partial charge in [0.25, 0.3) is 0 Å². The molecule has 0 fully saturated rings. The van der Waals surface area contributed by atoms with Crippen LogP contribution in [0, 0.1) is 10.3 Å². The monoisotopic (exact) mass is 460 g/mol. The molecule has 0 heterocycles. The molecule has 7 heteroatoms. The van der Waals surface area contributed by atoms with Crippen molar-refractivity contribution in [3.05, 3.63) is 34.7 Å². The van der Waals surface area contributed by atoms with Gasteiger partial charge in [-0.25, -0.2) is 0 Å². The number of nitrogens with zero attached hydrogens (tertiary/aromatic N) is 2. The van der Waals surface area contributed by atoms with Gasteiger partial charge in [-0.15, -0.1) is 4.91 Å². The fourth-order valence-corrected chi connectivity index (χ4v) is 2.61. The number of halogens is 1. The molecular formula is C18H25IN2O4. The summed E-state index contributed by atoms with van der Waals surface area (Å²) in [6.07, 6.45) is 2.97. The number of rotatable bonds is 10. The van der Waals surface area contributed by atoms with Crippen LogP contribution in [0.1, 0.15) is 45.1 Å². The molecule has 0 atom stereocenters. The zero-order valence-electron chi connectivity index (χ0n) is 15.0. The van der Waals surface area contributed by atoms with Gasteiger partial charge in [0, 0.05) is 26.4 Å². The Morgan fingerprint density at radius 2 is 1.76 bits per heavy atom. The van der Waals surface area contributed by atoms with Gasteiger partial charge in [-0.1, -0.05) is 26.0 Å². The summed E-state index contributed by atoms with van der Waals surface area (Å²) in [5, 5.41) is 2.87. The van der Waals surface area contributed by atoms with Gasteiger partial charge in [0.1, 0.15) is 5.69 Å². The van der Waals surface area contributed by atoms with Crippen molar-refractivity contribution < 1.29 is 12.7 Å². The minimum absolute atomic E-state index is 0.0843. The maximum Gasteiger partial charge on any atom is 0.315 e. The highest BCUT2D eigenvalue weighted by Gasteiger charge is 2.22. The lowest BCUT2D eigenvalue weighted by atomic mass is 9.83. The van der Waals surface area contributed by atoms with Crippen molar-refractivity contribution in [2.24, 2.45) is 10.6 Å². The molecule has 0 saturated carbocycles. The molecule has 0 aliphatic rings. The van der Waals surface area contributed by atoms with Gasteiger partial charge in [0.2, 0.25) is 5.91 Å². The second kappa shape index (κ2) is 10.5. The van der Waals surface area contributed by atoms with Crippen molar-refractivity contribution in [3.63, 3.8) is 0 Å². The zero-order valence-corrected chi connectivity index (χ0v) is 17.1. The molecule has 0 aromatic heterocycles. The maximum absolute atomic E-state index is 12.3. The number of carbonyl (C=O) groups is 2. The molecule has 6 nitrogen and oxygen atoms in total. The van der Waals surface area contributed by atoms with E-state index in [4.69, 9.17) is 0 Å². The Hall–Kier alpha value is -1.51. The van der Waals surface area contributed by atoms with E-state index in [1.807, 2.05) is 12.1 Å². The highest BCUT2D eigenvalue weighted by atomic mass is 127. The lowest BCUT2D eigenvalue weighted by Gasteiger charge is -2.25. The molecule has 0 radical (unpaired) electrons. The maximum atomic E-state index is 12.3. The number of hydrogen-bond donors (Lipinski definition) is 0. The predicted molar refractivity (Wildman–Crippen MR) is 106 cm³/mol. The number of carbonyl (C=O) groups excluding carboxylic acids is 2. The van der Waals surface area contributed by atoms with Crippen LogP contribution >= 0.6 is 23.0 Å². The smallest absolute Gasteiger partial charge is 0.315 e. The number of amides is 1. The van der Waals surface area contributed by atoms with Gasteiger partial charge in [-0.3, -0.25) is 9.59 Å². The summed E-state index contributed by atoms with van der Waals surface area (Å²) in [6.45, 7) is 4.74. The normalized spacial score (nSPS) is 11.0. The minimum atomic E-state index is -0.229. The van der Waals surface area contributed by atoms with Gasteiger partial charge >= 0.3 is 5.97 Å². The third-order valence-corrected chi connectivity index (χ3v) is 4.80. The van der Waals surface area contributed by atoms with E-state index >= 15 is 0 Å². The van der Waals surface area contributed by atoms with Gasteiger partial charge in [-0.2, -0.15) is 0 Å². The van der Waals surface area contributed by atoms with Crippen LogP contribution in [0.15, 0.2) is 29.4 Å². The average Bonchev–Trinajstić information content (AvgIpc) is 2.62. The average molecular weight is 460 g/mol. The van der Waals surface area contributed by atoms with E-state index in [1.54, 1.807) is 47.1 Å². The van der Waals surface area contributed by atoms with Crippen molar-refractivity contribution in [1.82, 2.24) is 4.90 Å². The van der Waals surface area contributed by atoms with Crippen molar-refractivity contribution in [2.75, 3.05) is 13.6 Å². The Morgan fingerprint density at radius 3 is 2.32 bits per heavy atom. The van der Waals surface area contributed by atoms with E-state index in [0.717, 1.165) is 18.4 Å². The second-order valence-corrected chi connectivity index (χ2v) is 7.38. The molecule has 0 N–H and O–H groups in total. The minimum Gasteiger partial charge on any atom is -0.394 e. The van der Waals surface area contributed by atoms with Crippen LogP contribution in [-0.2, 0) is 19.1 Å². The Bertz CT molecular complexity index is 587. The number of nitroso groups, excluding NO2 is 1. The fourth-order valence-electron chi connectivity index (χ4n) is 2.39. The zero-order chi connectivity index (χ0) is 18.9. The first-order chi connectivity index (χ1) is 11.8. The highest BCUT2D eigenvalue weighted by Crippen LogP contribution is 2.29. The number of benzene rings is 1. The lowest BCUT2D eigenvalue weighted by molar-refractivity contribution is -0.131. The van der Waals surface area contributed by atoms with Crippen LogP contribution < -0.4 is 0 Å². The van der Waals surface area contributed by atoms with E-state index in [2.05, 4.69) is 22.1 Å². The van der Waals surface area contributed by atoms with Gasteiger partial charge < -0.3 is 7.97 Å². The molecular weight excluding hydrogens is 435 g/mol. The summed E-state index contributed by atoms with van der Waals surface area (Å²) >= 11 is 1.59. The first-order valence-electron chi connectivity index (χ1n) is 8.25. The van der Waals surface area contributed by atoms with Crippen LogP contribution in [0.2, 0.25) is 0 Å². The summed E-state index contributed by atoms with van der Waals surface area (Å²) in [5.41, 5.74) is 1.38. The van der Waals surface area contributed by atoms with Crippen molar-refractivity contribution in [3.8, 4) is 0 Å². The Labute approximate surface area is 163 Å². The highest BCUT2D eigenvalue weighted by molar-refractivity contribution is 14.1. The molecule has 0 unspecified atom stereocenters. The van der Waals surface area contributed by atoms with Crippen LogP contribution in [0.5, 0.6) is 0 Å². The van der Waals surface area contributed by atoms with E-state index in [1.165, 1.54) is 0 Å². The molecule has 1 aromatic rings. The van der Waals surface area contributed by atoms with Gasteiger partial charge in [0.15, 0.2) is 23.0 Å². The third kappa shape index (κ3) is 8.42. The molecule has 138 valence electrons. The van der Waals surface area contributed by atoms with Crippen LogP contribution in [0.3, 0.4) is 0 Å². The van der Waals surface area contributed by atoms with Crippen molar-refractivity contribution in [1.29, 1.82) is 0 Å². The molecule has 0 aliphatic heterocycles. The number of hydrogen-bond acceptors (Lipinski definition) is 5. The topological polar surface area (TPSA) is 76.0 Å². The lowest BCUT2D eigenvalue weighted by Crippen LogP contribution is -2.30. The van der Waals surface area contributed by atoms with E-state index in [0.29, 0.717) is 31.5 Å². The second-order valence-electron chi connectivity index (χ2n) is 6.94. The molecule has 25 heavy (non-hydrogen) atoms.